The fourth-order valence-corrected chi connectivity index (χ4v) is 5.31. The largest absolute Gasteiger partial charge is 0.139 e. The molecule has 0 bridgehead atoms. The second-order valence-corrected chi connectivity index (χ2v) is 8.23. The molecule has 0 nitrogen and oxygen atoms in total. The summed E-state index contributed by atoms with van der Waals surface area (Å²) in [6.45, 7) is 6.93. The summed E-state index contributed by atoms with van der Waals surface area (Å²) in [5, 5.41) is 0. The Morgan fingerprint density at radius 2 is 1.65 bits per heavy atom. The molecule has 0 spiro atoms. The Balaban J connectivity index is 1.89. The molecule has 0 aromatic carbocycles. The standard InChI is InChI=1S/C18H28S2/c1-4-6-7-8-9-11-15-12-17-18(19-15)13-16(20-17)14(3)10-5-2/h12-14H,4-11H2,1-3H3. The lowest BCUT2D eigenvalue weighted by Gasteiger charge is -2.05. The van der Waals surface area contributed by atoms with E-state index in [1.807, 2.05) is 22.7 Å². The van der Waals surface area contributed by atoms with E-state index in [0.717, 1.165) is 5.92 Å². The predicted octanol–water partition coefficient (Wildman–Crippen LogP) is 7.38. The van der Waals surface area contributed by atoms with Crippen LogP contribution >= 0.6 is 22.7 Å². The molecule has 2 aromatic heterocycles. The van der Waals surface area contributed by atoms with Crippen molar-refractivity contribution in [3.05, 3.63) is 21.9 Å². The minimum atomic E-state index is 0.738. The number of hydrogen-bond donors (Lipinski definition) is 0. The van der Waals surface area contributed by atoms with E-state index in [2.05, 4.69) is 32.9 Å². The van der Waals surface area contributed by atoms with E-state index >= 15 is 0 Å². The summed E-state index contributed by atoms with van der Waals surface area (Å²) in [7, 11) is 0. The van der Waals surface area contributed by atoms with E-state index in [1.54, 1.807) is 9.75 Å². The quantitative estimate of drug-likeness (QED) is 0.424. The summed E-state index contributed by atoms with van der Waals surface area (Å²) in [5.74, 6) is 0.738. The minimum Gasteiger partial charge on any atom is -0.139 e. The van der Waals surface area contributed by atoms with Crippen LogP contribution in [0.15, 0.2) is 12.1 Å². The molecule has 0 radical (unpaired) electrons. The molecule has 0 fully saturated rings. The molecule has 0 saturated carbocycles. The highest BCUT2D eigenvalue weighted by Gasteiger charge is 2.11. The molecule has 0 saturated heterocycles. The first-order valence-electron chi connectivity index (χ1n) is 8.26. The van der Waals surface area contributed by atoms with E-state index in [9.17, 15) is 0 Å². The maximum atomic E-state index is 2.45. The van der Waals surface area contributed by atoms with Crippen molar-refractivity contribution in [2.24, 2.45) is 0 Å². The molecule has 0 aliphatic carbocycles. The number of fused-ring (bicyclic) bond motifs is 1. The Morgan fingerprint density at radius 3 is 2.35 bits per heavy atom. The summed E-state index contributed by atoms with van der Waals surface area (Å²) in [6.07, 6.45) is 10.8. The topological polar surface area (TPSA) is 0 Å². The van der Waals surface area contributed by atoms with Crippen LogP contribution in [0.3, 0.4) is 0 Å². The molecule has 0 aliphatic rings. The van der Waals surface area contributed by atoms with Crippen molar-refractivity contribution in [2.75, 3.05) is 0 Å². The Bertz CT molecular complexity index is 475. The number of thiophene rings is 2. The van der Waals surface area contributed by atoms with Crippen LogP contribution in [-0.4, -0.2) is 0 Å². The molecule has 20 heavy (non-hydrogen) atoms. The Labute approximate surface area is 132 Å². The van der Waals surface area contributed by atoms with Gasteiger partial charge in [0.05, 0.1) is 0 Å². The third kappa shape index (κ3) is 4.33. The van der Waals surface area contributed by atoms with Gasteiger partial charge in [0.2, 0.25) is 0 Å². The number of hydrogen-bond acceptors (Lipinski definition) is 2. The summed E-state index contributed by atoms with van der Waals surface area (Å²) in [5.41, 5.74) is 0. The molecule has 2 aromatic rings. The first kappa shape index (κ1) is 16.0. The monoisotopic (exact) mass is 308 g/mol. The van der Waals surface area contributed by atoms with Gasteiger partial charge in [-0.25, -0.2) is 0 Å². The Kier molecular flexibility index (Phi) is 6.57. The smallest absolute Gasteiger partial charge is 0.0456 e. The van der Waals surface area contributed by atoms with Crippen LogP contribution < -0.4 is 0 Å². The van der Waals surface area contributed by atoms with Crippen molar-refractivity contribution in [1.29, 1.82) is 0 Å². The zero-order valence-corrected chi connectivity index (χ0v) is 14.8. The van der Waals surface area contributed by atoms with Gasteiger partial charge in [-0.05, 0) is 37.3 Å². The van der Waals surface area contributed by atoms with Crippen molar-refractivity contribution in [1.82, 2.24) is 0 Å². The lowest BCUT2D eigenvalue weighted by atomic mass is 10.1. The van der Waals surface area contributed by atoms with Crippen LogP contribution in [-0.2, 0) is 6.42 Å². The van der Waals surface area contributed by atoms with Crippen molar-refractivity contribution in [3.63, 3.8) is 0 Å². The average Bonchev–Trinajstić information content (AvgIpc) is 2.97. The first-order chi connectivity index (χ1) is 9.74. The van der Waals surface area contributed by atoms with Gasteiger partial charge in [-0.2, -0.15) is 0 Å². The summed E-state index contributed by atoms with van der Waals surface area (Å²) >= 11 is 4.05. The second kappa shape index (κ2) is 8.19. The molecule has 2 heteroatoms. The van der Waals surface area contributed by atoms with Crippen LogP contribution in [0.5, 0.6) is 0 Å². The third-order valence-corrected chi connectivity index (χ3v) is 6.60. The van der Waals surface area contributed by atoms with Crippen molar-refractivity contribution < 1.29 is 0 Å². The highest BCUT2D eigenvalue weighted by Crippen LogP contribution is 2.38. The van der Waals surface area contributed by atoms with Gasteiger partial charge in [-0.1, -0.05) is 52.9 Å². The normalized spacial score (nSPS) is 13.2. The molecular weight excluding hydrogens is 280 g/mol. The fourth-order valence-electron chi connectivity index (χ4n) is 2.75. The highest BCUT2D eigenvalue weighted by molar-refractivity contribution is 7.27. The summed E-state index contributed by atoms with van der Waals surface area (Å²) in [4.78, 5) is 3.18. The van der Waals surface area contributed by atoms with E-state index in [0.29, 0.717) is 0 Å². The van der Waals surface area contributed by atoms with Crippen LogP contribution in [0.2, 0.25) is 0 Å². The van der Waals surface area contributed by atoms with Crippen molar-refractivity contribution in [3.8, 4) is 0 Å². The third-order valence-electron chi connectivity index (χ3n) is 4.01. The van der Waals surface area contributed by atoms with E-state index < -0.39 is 0 Å². The van der Waals surface area contributed by atoms with Gasteiger partial charge in [0, 0.05) is 19.2 Å². The predicted molar refractivity (Wildman–Crippen MR) is 95.5 cm³/mol. The van der Waals surface area contributed by atoms with Crippen LogP contribution in [0, 0.1) is 0 Å². The van der Waals surface area contributed by atoms with Crippen LogP contribution in [0.1, 0.15) is 81.4 Å². The summed E-state index contributed by atoms with van der Waals surface area (Å²) in [6, 6.07) is 4.90. The van der Waals surface area contributed by atoms with Gasteiger partial charge >= 0.3 is 0 Å². The first-order valence-corrected chi connectivity index (χ1v) is 9.90. The van der Waals surface area contributed by atoms with Crippen molar-refractivity contribution >= 4 is 32.1 Å². The Hall–Kier alpha value is -0.340. The maximum absolute atomic E-state index is 2.45. The lowest BCUT2D eigenvalue weighted by Crippen LogP contribution is -1.87. The minimum absolute atomic E-state index is 0.738. The molecule has 2 rings (SSSR count). The zero-order valence-electron chi connectivity index (χ0n) is 13.2. The summed E-state index contributed by atoms with van der Waals surface area (Å²) < 4.78 is 3.05. The van der Waals surface area contributed by atoms with Crippen LogP contribution in [0.25, 0.3) is 9.40 Å². The van der Waals surface area contributed by atoms with E-state index in [1.165, 1.54) is 60.8 Å². The molecular formula is C18H28S2. The fraction of sp³-hybridized carbons (Fsp3) is 0.667. The number of aryl methyl sites for hydroxylation is 1. The van der Waals surface area contributed by atoms with Gasteiger partial charge in [0.15, 0.2) is 0 Å². The molecule has 0 aliphatic heterocycles. The van der Waals surface area contributed by atoms with Crippen molar-refractivity contribution in [2.45, 2.75) is 78.1 Å². The van der Waals surface area contributed by atoms with Gasteiger partial charge in [0.25, 0.3) is 0 Å². The van der Waals surface area contributed by atoms with E-state index in [4.69, 9.17) is 0 Å². The SMILES string of the molecule is CCCCCCCc1cc2sc(C(C)CCC)cc2s1. The van der Waals surface area contributed by atoms with E-state index in [-0.39, 0.29) is 0 Å². The van der Waals surface area contributed by atoms with Gasteiger partial charge in [-0.3, -0.25) is 0 Å². The molecule has 1 atom stereocenters. The molecule has 1 unspecified atom stereocenters. The van der Waals surface area contributed by atoms with Gasteiger partial charge in [-0.15, -0.1) is 22.7 Å². The van der Waals surface area contributed by atoms with Gasteiger partial charge < -0.3 is 0 Å². The van der Waals surface area contributed by atoms with Gasteiger partial charge in [0.1, 0.15) is 0 Å². The molecule has 2 heterocycles. The lowest BCUT2D eigenvalue weighted by molar-refractivity contribution is 0.634. The maximum Gasteiger partial charge on any atom is 0.0456 e. The average molecular weight is 309 g/mol. The number of rotatable bonds is 9. The molecule has 0 amide bonds. The highest BCUT2D eigenvalue weighted by atomic mass is 32.1. The second-order valence-electron chi connectivity index (χ2n) is 5.94. The molecule has 112 valence electrons. The molecule has 0 N–H and O–H groups in total. The number of unbranched alkanes of at least 4 members (excludes halogenated alkanes) is 4. The zero-order chi connectivity index (χ0) is 14.4. The van der Waals surface area contributed by atoms with Crippen LogP contribution in [0.4, 0.5) is 0 Å². The Morgan fingerprint density at radius 1 is 0.900 bits per heavy atom.